The third-order valence-electron chi connectivity index (χ3n) is 4.01. The van der Waals surface area contributed by atoms with Crippen LogP contribution in [-0.2, 0) is 6.42 Å². The van der Waals surface area contributed by atoms with Crippen LogP contribution in [0.1, 0.15) is 24.5 Å². The fourth-order valence-electron chi connectivity index (χ4n) is 2.57. The standard InChI is InChI=1S/C20H26N2O3/c1-15(10-11-23)14-21-20(24)22-18-8-9-19(25-2)17(13-18)12-16-6-4-3-5-7-16/h3-9,13,15,23H,10-12,14H2,1-2H3,(H2,21,22,24). The zero-order valence-electron chi connectivity index (χ0n) is 14.8. The average molecular weight is 342 g/mol. The number of aliphatic hydroxyl groups excluding tert-OH is 1. The molecule has 0 saturated carbocycles. The molecule has 0 aliphatic heterocycles. The molecule has 1 unspecified atom stereocenters. The summed E-state index contributed by atoms with van der Waals surface area (Å²) < 4.78 is 5.43. The van der Waals surface area contributed by atoms with Gasteiger partial charge in [0.15, 0.2) is 0 Å². The van der Waals surface area contributed by atoms with Gasteiger partial charge in [0.1, 0.15) is 5.75 Å². The first-order valence-corrected chi connectivity index (χ1v) is 8.49. The van der Waals surface area contributed by atoms with Gasteiger partial charge in [0, 0.05) is 30.8 Å². The smallest absolute Gasteiger partial charge is 0.319 e. The third-order valence-corrected chi connectivity index (χ3v) is 4.01. The molecule has 2 amide bonds. The van der Waals surface area contributed by atoms with Gasteiger partial charge in [0.2, 0.25) is 0 Å². The van der Waals surface area contributed by atoms with Gasteiger partial charge in [0.05, 0.1) is 7.11 Å². The highest BCUT2D eigenvalue weighted by Gasteiger charge is 2.09. The molecule has 0 heterocycles. The maximum atomic E-state index is 12.0. The molecule has 0 aromatic heterocycles. The van der Waals surface area contributed by atoms with E-state index in [-0.39, 0.29) is 18.6 Å². The molecule has 0 saturated heterocycles. The summed E-state index contributed by atoms with van der Waals surface area (Å²) >= 11 is 0. The van der Waals surface area contributed by atoms with Gasteiger partial charge >= 0.3 is 6.03 Å². The Morgan fingerprint density at radius 2 is 1.96 bits per heavy atom. The quantitative estimate of drug-likeness (QED) is 0.688. The third kappa shape index (κ3) is 6.12. The van der Waals surface area contributed by atoms with Crippen molar-refractivity contribution in [2.45, 2.75) is 19.8 Å². The van der Waals surface area contributed by atoms with E-state index in [1.54, 1.807) is 7.11 Å². The lowest BCUT2D eigenvalue weighted by molar-refractivity contribution is 0.243. The van der Waals surface area contributed by atoms with Crippen molar-refractivity contribution in [2.75, 3.05) is 25.6 Å². The number of amides is 2. The summed E-state index contributed by atoms with van der Waals surface area (Å²) in [5.74, 6) is 1.03. The molecular weight excluding hydrogens is 316 g/mol. The van der Waals surface area contributed by atoms with Crippen molar-refractivity contribution >= 4 is 11.7 Å². The lowest BCUT2D eigenvalue weighted by atomic mass is 10.0. The van der Waals surface area contributed by atoms with Gasteiger partial charge < -0.3 is 20.5 Å². The number of methoxy groups -OCH3 is 1. The zero-order chi connectivity index (χ0) is 18.1. The molecule has 2 rings (SSSR count). The number of carbonyl (C=O) groups is 1. The molecule has 5 heteroatoms. The van der Waals surface area contributed by atoms with Crippen LogP contribution < -0.4 is 15.4 Å². The number of carbonyl (C=O) groups excluding carboxylic acids is 1. The molecule has 0 aliphatic rings. The molecular formula is C20H26N2O3. The minimum atomic E-state index is -0.249. The van der Waals surface area contributed by atoms with Crippen molar-refractivity contribution in [3.05, 3.63) is 59.7 Å². The van der Waals surface area contributed by atoms with E-state index in [1.807, 2.05) is 43.3 Å². The van der Waals surface area contributed by atoms with Crippen molar-refractivity contribution in [1.82, 2.24) is 5.32 Å². The van der Waals surface area contributed by atoms with Gasteiger partial charge in [-0.15, -0.1) is 0 Å². The van der Waals surface area contributed by atoms with E-state index in [0.29, 0.717) is 13.0 Å². The first-order valence-electron chi connectivity index (χ1n) is 8.49. The van der Waals surface area contributed by atoms with Crippen LogP contribution >= 0.6 is 0 Å². The monoisotopic (exact) mass is 342 g/mol. The Hall–Kier alpha value is -2.53. The number of anilines is 1. The van der Waals surface area contributed by atoms with Crippen LogP contribution in [0.4, 0.5) is 10.5 Å². The molecule has 0 spiro atoms. The van der Waals surface area contributed by atoms with Crippen LogP contribution in [0.5, 0.6) is 5.75 Å². The number of urea groups is 1. The molecule has 1 atom stereocenters. The van der Waals surface area contributed by atoms with Gasteiger partial charge in [-0.1, -0.05) is 37.3 Å². The van der Waals surface area contributed by atoms with Gasteiger partial charge in [0.25, 0.3) is 0 Å². The van der Waals surface area contributed by atoms with Gasteiger partial charge in [-0.2, -0.15) is 0 Å². The Morgan fingerprint density at radius 1 is 1.20 bits per heavy atom. The number of hydrogen-bond donors (Lipinski definition) is 3. The predicted octanol–water partition coefficient (Wildman–Crippen LogP) is 3.43. The van der Waals surface area contributed by atoms with Crippen LogP contribution in [-0.4, -0.2) is 31.4 Å². The van der Waals surface area contributed by atoms with Crippen LogP contribution in [0, 0.1) is 5.92 Å². The summed E-state index contributed by atoms with van der Waals surface area (Å²) in [6.45, 7) is 2.65. The van der Waals surface area contributed by atoms with Gasteiger partial charge in [-0.25, -0.2) is 4.79 Å². The van der Waals surface area contributed by atoms with Crippen molar-refractivity contribution in [3.63, 3.8) is 0 Å². The highest BCUT2D eigenvalue weighted by atomic mass is 16.5. The molecule has 25 heavy (non-hydrogen) atoms. The van der Waals surface area contributed by atoms with Crippen LogP contribution in [0.15, 0.2) is 48.5 Å². The fourth-order valence-corrected chi connectivity index (χ4v) is 2.57. The zero-order valence-corrected chi connectivity index (χ0v) is 14.8. The Kier molecular flexibility index (Phi) is 7.29. The van der Waals surface area contributed by atoms with E-state index >= 15 is 0 Å². The SMILES string of the molecule is COc1ccc(NC(=O)NCC(C)CCO)cc1Cc1ccccc1. The molecule has 5 nitrogen and oxygen atoms in total. The molecule has 2 aromatic carbocycles. The maximum absolute atomic E-state index is 12.0. The van der Waals surface area contributed by atoms with E-state index in [9.17, 15) is 4.79 Å². The van der Waals surface area contributed by atoms with Crippen molar-refractivity contribution in [1.29, 1.82) is 0 Å². The summed E-state index contributed by atoms with van der Waals surface area (Å²) in [6.07, 6.45) is 1.40. The number of ether oxygens (including phenoxy) is 1. The fraction of sp³-hybridized carbons (Fsp3) is 0.350. The largest absolute Gasteiger partial charge is 0.496 e. The summed E-state index contributed by atoms with van der Waals surface area (Å²) in [7, 11) is 1.65. The number of nitrogens with one attached hydrogen (secondary N) is 2. The lowest BCUT2D eigenvalue weighted by Gasteiger charge is -2.14. The second-order valence-corrected chi connectivity index (χ2v) is 6.14. The second kappa shape index (κ2) is 9.69. The maximum Gasteiger partial charge on any atom is 0.319 e. The highest BCUT2D eigenvalue weighted by Crippen LogP contribution is 2.25. The first kappa shape index (κ1) is 18.8. The average Bonchev–Trinajstić information content (AvgIpc) is 2.61. The van der Waals surface area contributed by atoms with Gasteiger partial charge in [-0.3, -0.25) is 0 Å². The number of rotatable bonds is 8. The minimum Gasteiger partial charge on any atom is -0.496 e. The summed E-state index contributed by atoms with van der Waals surface area (Å²) in [4.78, 5) is 12.0. The van der Waals surface area contributed by atoms with Crippen molar-refractivity contribution in [2.24, 2.45) is 5.92 Å². The van der Waals surface area contributed by atoms with Crippen LogP contribution in [0.25, 0.3) is 0 Å². The molecule has 3 N–H and O–H groups in total. The van der Waals surface area contributed by atoms with Crippen LogP contribution in [0.3, 0.4) is 0 Å². The van der Waals surface area contributed by atoms with E-state index in [4.69, 9.17) is 9.84 Å². The first-order chi connectivity index (χ1) is 12.1. The summed E-state index contributed by atoms with van der Waals surface area (Å²) in [5, 5.41) is 14.6. The predicted molar refractivity (Wildman–Crippen MR) is 100 cm³/mol. The van der Waals surface area contributed by atoms with Gasteiger partial charge in [-0.05, 0) is 36.1 Å². The number of hydrogen-bond acceptors (Lipinski definition) is 3. The Labute approximate surface area is 149 Å². The molecule has 134 valence electrons. The molecule has 2 aromatic rings. The van der Waals surface area contributed by atoms with E-state index in [0.717, 1.165) is 23.4 Å². The topological polar surface area (TPSA) is 70.6 Å². The Morgan fingerprint density at radius 3 is 2.64 bits per heavy atom. The summed E-state index contributed by atoms with van der Waals surface area (Å²) in [6, 6.07) is 15.5. The van der Waals surface area contributed by atoms with Crippen molar-refractivity contribution < 1.29 is 14.6 Å². The van der Waals surface area contributed by atoms with Crippen molar-refractivity contribution in [3.8, 4) is 5.75 Å². The van der Waals surface area contributed by atoms with E-state index in [2.05, 4.69) is 22.8 Å². The Balaban J connectivity index is 2.01. The summed E-state index contributed by atoms with van der Waals surface area (Å²) in [5.41, 5.74) is 2.92. The lowest BCUT2D eigenvalue weighted by Crippen LogP contribution is -2.32. The van der Waals surface area contributed by atoms with E-state index < -0.39 is 0 Å². The second-order valence-electron chi connectivity index (χ2n) is 6.14. The molecule has 0 radical (unpaired) electrons. The number of aliphatic hydroxyl groups is 1. The number of benzene rings is 2. The van der Waals surface area contributed by atoms with Crippen LogP contribution in [0.2, 0.25) is 0 Å². The molecule has 0 bridgehead atoms. The Bertz CT molecular complexity index is 674. The molecule has 0 aliphatic carbocycles. The highest BCUT2D eigenvalue weighted by molar-refractivity contribution is 5.89. The normalized spacial score (nSPS) is 11.6. The molecule has 0 fully saturated rings. The minimum absolute atomic E-state index is 0.131. The van der Waals surface area contributed by atoms with E-state index in [1.165, 1.54) is 5.56 Å².